The number of halogens is 1. The predicted molar refractivity (Wildman–Crippen MR) is 75.4 cm³/mol. The quantitative estimate of drug-likeness (QED) is 0.229. The molecule has 6 heteroatoms. The number of hydrogen-bond acceptors (Lipinski definition) is 3. The lowest BCUT2D eigenvalue weighted by Gasteiger charge is -2.23. The molecule has 0 spiro atoms. The minimum Gasteiger partial charge on any atom is -1.00 e. The van der Waals surface area contributed by atoms with Crippen LogP contribution in [-0.4, -0.2) is 57.2 Å². The Bertz CT molecular complexity index is 336. The van der Waals surface area contributed by atoms with Crippen LogP contribution in [0.3, 0.4) is 0 Å². The molecule has 0 bridgehead atoms. The zero-order valence-electron chi connectivity index (χ0n) is 12.5. The summed E-state index contributed by atoms with van der Waals surface area (Å²) in [6.07, 6.45) is 5.93. The summed E-state index contributed by atoms with van der Waals surface area (Å²) in [5, 5.41) is 2.66. The Morgan fingerprint density at radius 3 is 2.50 bits per heavy atom. The number of likely N-dealkylation sites (N-methyl/N-ethyl adjacent to an activating group) is 1. The molecule has 0 aromatic rings. The van der Waals surface area contributed by atoms with Crippen LogP contribution in [-0.2, 0) is 14.3 Å². The standard InChI is InChI=1S/C14H24N2O3.ClH/c1-5-13(17)15-10-8-6-7-9-14(18)19-12-11-16(2,3)4;/h5,7,9H,1,6,8,10-12H2,2-4H3;1H. The maximum Gasteiger partial charge on any atom is 0.330 e. The average molecular weight is 305 g/mol. The van der Waals surface area contributed by atoms with Crippen LogP contribution in [0.15, 0.2) is 24.8 Å². The van der Waals surface area contributed by atoms with E-state index in [2.05, 4.69) is 11.9 Å². The maximum atomic E-state index is 11.3. The zero-order chi connectivity index (χ0) is 14.7. The predicted octanol–water partition coefficient (Wildman–Crippen LogP) is -2.12. The summed E-state index contributed by atoms with van der Waals surface area (Å²) < 4.78 is 5.82. The first-order chi connectivity index (χ1) is 8.85. The SMILES string of the molecule is C=CC(=O)NCCCC=CC(=O)OCC[N+](C)(C)C.[Cl-]. The van der Waals surface area contributed by atoms with Gasteiger partial charge in [-0.1, -0.05) is 12.7 Å². The van der Waals surface area contributed by atoms with Gasteiger partial charge in [-0.15, -0.1) is 0 Å². The Morgan fingerprint density at radius 2 is 1.95 bits per heavy atom. The number of nitrogens with one attached hydrogen (secondary N) is 1. The van der Waals surface area contributed by atoms with E-state index >= 15 is 0 Å². The highest BCUT2D eigenvalue weighted by Gasteiger charge is 2.07. The van der Waals surface area contributed by atoms with Crippen molar-refractivity contribution < 1.29 is 31.2 Å². The van der Waals surface area contributed by atoms with E-state index in [0.29, 0.717) is 13.2 Å². The number of esters is 1. The fourth-order valence-electron chi connectivity index (χ4n) is 1.15. The van der Waals surface area contributed by atoms with E-state index in [0.717, 1.165) is 23.9 Å². The minimum atomic E-state index is -0.316. The second-order valence-corrected chi connectivity index (χ2v) is 5.22. The first kappa shape index (κ1) is 21.0. The lowest BCUT2D eigenvalue weighted by molar-refractivity contribution is -0.870. The number of nitrogens with zero attached hydrogens (tertiary/aromatic N) is 1. The molecule has 0 aromatic carbocycles. The normalized spacial score (nSPS) is 10.8. The van der Waals surface area contributed by atoms with Crippen molar-refractivity contribution in [2.45, 2.75) is 12.8 Å². The molecule has 0 aromatic heterocycles. The molecule has 1 N–H and O–H groups in total. The van der Waals surface area contributed by atoms with Gasteiger partial charge in [0.25, 0.3) is 0 Å². The van der Waals surface area contributed by atoms with E-state index in [9.17, 15) is 9.59 Å². The highest BCUT2D eigenvalue weighted by molar-refractivity contribution is 5.86. The molecule has 0 fully saturated rings. The molecule has 0 aliphatic rings. The number of carbonyl (C=O) groups excluding carboxylic acids is 2. The lowest BCUT2D eigenvalue weighted by atomic mass is 10.3. The number of rotatable bonds is 9. The second kappa shape index (κ2) is 11.5. The van der Waals surface area contributed by atoms with Crippen LogP contribution in [0, 0.1) is 0 Å². The monoisotopic (exact) mass is 304 g/mol. The fraction of sp³-hybridized carbons (Fsp3) is 0.571. The second-order valence-electron chi connectivity index (χ2n) is 5.22. The zero-order valence-corrected chi connectivity index (χ0v) is 13.3. The Hall–Kier alpha value is -1.33. The van der Waals surface area contributed by atoms with E-state index in [1.54, 1.807) is 6.08 Å². The van der Waals surface area contributed by atoms with Crippen molar-refractivity contribution in [2.75, 3.05) is 40.8 Å². The number of allylic oxidation sites excluding steroid dienone is 1. The van der Waals surface area contributed by atoms with Crippen LogP contribution in [0.5, 0.6) is 0 Å². The van der Waals surface area contributed by atoms with Gasteiger partial charge < -0.3 is 26.9 Å². The molecule has 5 nitrogen and oxygen atoms in total. The van der Waals surface area contributed by atoms with Gasteiger partial charge in [0.1, 0.15) is 13.2 Å². The van der Waals surface area contributed by atoms with Crippen LogP contribution in [0.25, 0.3) is 0 Å². The maximum absolute atomic E-state index is 11.3. The molecule has 20 heavy (non-hydrogen) atoms. The number of quaternary nitrogens is 1. The molecule has 0 aliphatic carbocycles. The average Bonchev–Trinajstić information content (AvgIpc) is 2.31. The Morgan fingerprint density at radius 1 is 1.30 bits per heavy atom. The van der Waals surface area contributed by atoms with Gasteiger partial charge in [0, 0.05) is 12.6 Å². The van der Waals surface area contributed by atoms with Gasteiger partial charge in [-0.3, -0.25) is 4.79 Å². The Labute approximate surface area is 127 Å². The molecule has 1 amide bonds. The fourth-order valence-corrected chi connectivity index (χ4v) is 1.15. The molecule has 0 heterocycles. The van der Waals surface area contributed by atoms with E-state index in [-0.39, 0.29) is 24.3 Å². The number of carbonyl (C=O) groups is 2. The van der Waals surface area contributed by atoms with Crippen molar-refractivity contribution in [1.82, 2.24) is 5.32 Å². The molecule has 0 saturated heterocycles. The van der Waals surface area contributed by atoms with Crippen molar-refractivity contribution in [3.8, 4) is 0 Å². The van der Waals surface area contributed by atoms with Gasteiger partial charge in [0.05, 0.1) is 21.1 Å². The summed E-state index contributed by atoms with van der Waals surface area (Å²) in [6.45, 7) is 5.13. The van der Waals surface area contributed by atoms with Crippen LogP contribution < -0.4 is 17.7 Å². The number of hydrogen-bond donors (Lipinski definition) is 1. The molecule has 0 saturated carbocycles. The molecule has 116 valence electrons. The van der Waals surface area contributed by atoms with Crippen molar-refractivity contribution in [1.29, 1.82) is 0 Å². The van der Waals surface area contributed by atoms with Crippen molar-refractivity contribution >= 4 is 11.9 Å². The molecule has 0 unspecified atom stereocenters. The smallest absolute Gasteiger partial charge is 0.330 e. The van der Waals surface area contributed by atoms with E-state index < -0.39 is 0 Å². The Balaban J connectivity index is 0. The van der Waals surface area contributed by atoms with Crippen LogP contribution in [0.2, 0.25) is 0 Å². The van der Waals surface area contributed by atoms with Gasteiger partial charge in [-0.25, -0.2) is 4.79 Å². The van der Waals surface area contributed by atoms with Gasteiger partial charge in [-0.05, 0) is 18.9 Å². The third-order valence-corrected chi connectivity index (χ3v) is 2.29. The molecule has 0 rings (SSSR count). The van der Waals surface area contributed by atoms with Gasteiger partial charge in [0.2, 0.25) is 5.91 Å². The van der Waals surface area contributed by atoms with E-state index in [1.165, 1.54) is 12.2 Å². The lowest BCUT2D eigenvalue weighted by Crippen LogP contribution is -3.00. The third kappa shape index (κ3) is 14.7. The van der Waals surface area contributed by atoms with E-state index in [1.807, 2.05) is 21.1 Å². The molecule has 0 atom stereocenters. The topological polar surface area (TPSA) is 55.4 Å². The number of ether oxygens (including phenoxy) is 1. The van der Waals surface area contributed by atoms with Gasteiger partial charge in [-0.2, -0.15) is 0 Å². The molecule has 0 aliphatic heterocycles. The largest absolute Gasteiger partial charge is 1.00 e. The van der Waals surface area contributed by atoms with Crippen molar-refractivity contribution in [3.05, 3.63) is 24.8 Å². The summed E-state index contributed by atoms with van der Waals surface area (Å²) in [5.74, 6) is -0.493. The number of unbranched alkanes of at least 4 members (excludes halogenated alkanes) is 1. The summed E-state index contributed by atoms with van der Waals surface area (Å²) in [4.78, 5) is 22.1. The summed E-state index contributed by atoms with van der Waals surface area (Å²) in [7, 11) is 6.13. The van der Waals surface area contributed by atoms with Crippen molar-refractivity contribution in [3.63, 3.8) is 0 Å². The van der Waals surface area contributed by atoms with Crippen LogP contribution in [0.1, 0.15) is 12.8 Å². The van der Waals surface area contributed by atoms with Gasteiger partial charge >= 0.3 is 5.97 Å². The first-order valence-corrected chi connectivity index (χ1v) is 6.39. The molecular weight excluding hydrogens is 280 g/mol. The minimum absolute atomic E-state index is 0. The van der Waals surface area contributed by atoms with Gasteiger partial charge in [0.15, 0.2) is 0 Å². The first-order valence-electron chi connectivity index (χ1n) is 6.39. The highest BCUT2D eigenvalue weighted by Crippen LogP contribution is 1.93. The molecular formula is C14H25ClN2O3. The van der Waals surface area contributed by atoms with Crippen LogP contribution >= 0.6 is 0 Å². The highest BCUT2D eigenvalue weighted by atomic mass is 35.5. The molecule has 0 radical (unpaired) electrons. The summed E-state index contributed by atoms with van der Waals surface area (Å²) >= 11 is 0. The van der Waals surface area contributed by atoms with Crippen molar-refractivity contribution in [2.24, 2.45) is 0 Å². The summed E-state index contributed by atoms with van der Waals surface area (Å²) in [6, 6.07) is 0. The van der Waals surface area contributed by atoms with Crippen LogP contribution in [0.4, 0.5) is 0 Å². The Kier molecular flexibility index (Phi) is 12.1. The van der Waals surface area contributed by atoms with E-state index in [4.69, 9.17) is 4.74 Å². The third-order valence-electron chi connectivity index (χ3n) is 2.29. The number of amides is 1. The summed E-state index contributed by atoms with van der Waals surface area (Å²) in [5.41, 5.74) is 0.